The highest BCUT2D eigenvalue weighted by Crippen LogP contribution is 2.31. The van der Waals surface area contributed by atoms with Gasteiger partial charge >= 0.3 is 0 Å². The van der Waals surface area contributed by atoms with E-state index in [0.717, 1.165) is 12.8 Å². The maximum absolute atomic E-state index is 13.5. The average Bonchev–Trinajstić information content (AvgIpc) is 3.28. The van der Waals surface area contributed by atoms with Gasteiger partial charge in [-0.25, -0.2) is 14.4 Å². The van der Waals surface area contributed by atoms with Crippen molar-refractivity contribution in [3.63, 3.8) is 0 Å². The van der Waals surface area contributed by atoms with Gasteiger partial charge in [-0.1, -0.05) is 12.6 Å². The third-order valence-electron chi connectivity index (χ3n) is 5.67. The Labute approximate surface area is 191 Å². The summed E-state index contributed by atoms with van der Waals surface area (Å²) in [4.78, 5) is 23.2. The lowest BCUT2D eigenvalue weighted by Crippen LogP contribution is -2.37. The van der Waals surface area contributed by atoms with E-state index in [2.05, 4.69) is 21.9 Å². The van der Waals surface area contributed by atoms with Crippen LogP contribution in [0, 0.1) is 5.41 Å². The van der Waals surface area contributed by atoms with E-state index < -0.39 is 5.91 Å². The van der Waals surface area contributed by atoms with Crippen LogP contribution < -0.4 is 11.1 Å². The largest absolute Gasteiger partial charge is 0.488 e. The summed E-state index contributed by atoms with van der Waals surface area (Å²) in [5, 5.41) is 11.6. The maximum Gasteiger partial charge on any atom is 0.258 e. The summed E-state index contributed by atoms with van der Waals surface area (Å²) in [5.41, 5.74) is 7.96. The fourth-order valence-corrected chi connectivity index (χ4v) is 3.95. The van der Waals surface area contributed by atoms with Crippen LogP contribution in [0.1, 0.15) is 41.3 Å². The number of nitrogen functional groups attached to an aromatic ring is 1. The minimum absolute atomic E-state index is 0.0862. The van der Waals surface area contributed by atoms with Crippen LogP contribution in [0.2, 0.25) is 0 Å². The van der Waals surface area contributed by atoms with E-state index >= 15 is 0 Å². The van der Waals surface area contributed by atoms with Crippen LogP contribution in [0.25, 0.3) is 0 Å². The molecule has 4 rings (SSSR count). The smallest absolute Gasteiger partial charge is 0.258 e. The molecule has 1 amide bonds. The van der Waals surface area contributed by atoms with E-state index in [1.807, 2.05) is 4.90 Å². The van der Waals surface area contributed by atoms with Gasteiger partial charge in [0.05, 0.1) is 23.0 Å². The fraction of sp³-hybridized carbons (Fsp3) is 0.250. The molecular weight excluding hydrogens is 423 g/mol. The Kier molecular flexibility index (Phi) is 6.21. The summed E-state index contributed by atoms with van der Waals surface area (Å²) in [6, 6.07) is 4.85. The molecule has 0 aliphatic carbocycles. The first-order valence-electron chi connectivity index (χ1n) is 10.6. The number of nitrogens with zero attached hydrogens (tertiary/aromatic N) is 3. The zero-order valence-corrected chi connectivity index (χ0v) is 18.3. The number of amides is 1. The summed E-state index contributed by atoms with van der Waals surface area (Å²) in [7, 11) is 0. The minimum atomic E-state index is -0.428. The van der Waals surface area contributed by atoms with E-state index in [9.17, 15) is 9.18 Å². The van der Waals surface area contributed by atoms with Gasteiger partial charge in [-0.3, -0.25) is 10.2 Å². The van der Waals surface area contributed by atoms with Crippen molar-refractivity contribution >= 4 is 23.4 Å². The number of anilines is 2. The van der Waals surface area contributed by atoms with Gasteiger partial charge in [0.1, 0.15) is 29.8 Å². The Bertz CT molecular complexity index is 1190. The fourth-order valence-electron chi connectivity index (χ4n) is 3.95. The molecule has 0 aromatic carbocycles. The molecule has 8 nitrogen and oxygen atoms in total. The second-order valence-corrected chi connectivity index (χ2v) is 7.92. The number of ether oxygens (including phenoxy) is 1. The monoisotopic (exact) mass is 448 g/mol. The number of pyridine rings is 2. The molecule has 2 bridgehead atoms. The van der Waals surface area contributed by atoms with Crippen molar-refractivity contribution in [2.24, 2.45) is 0 Å². The minimum Gasteiger partial charge on any atom is -0.488 e. The summed E-state index contributed by atoms with van der Waals surface area (Å²) >= 11 is 0. The first-order valence-corrected chi connectivity index (χ1v) is 10.6. The number of nitrogens with one attached hydrogen (secondary N) is 2. The van der Waals surface area contributed by atoms with Gasteiger partial charge in [0.2, 0.25) is 0 Å². The van der Waals surface area contributed by atoms with E-state index in [4.69, 9.17) is 15.9 Å². The SMILES string of the molecule is C=C1/C(=C\C=C(/C)F)OCc2cccnc2NC(=O)c2cnc(N)c(c2)C(=N)N2CCC[C@H]12. The van der Waals surface area contributed by atoms with Crippen molar-refractivity contribution < 1.29 is 13.9 Å². The molecule has 0 radical (unpaired) electrons. The van der Waals surface area contributed by atoms with Gasteiger partial charge in [0.25, 0.3) is 5.91 Å². The second kappa shape index (κ2) is 9.23. The molecule has 1 fully saturated rings. The molecular formula is C24H25FN6O2. The van der Waals surface area contributed by atoms with Crippen molar-refractivity contribution in [3.05, 3.63) is 83.2 Å². The molecule has 33 heavy (non-hydrogen) atoms. The number of carbonyl (C=O) groups excluding carboxylic acids is 1. The normalized spacial score (nSPS) is 20.6. The van der Waals surface area contributed by atoms with Crippen LogP contribution in [0.3, 0.4) is 0 Å². The first kappa shape index (κ1) is 22.2. The predicted molar refractivity (Wildman–Crippen MR) is 124 cm³/mol. The number of rotatable bonds is 1. The second-order valence-electron chi connectivity index (χ2n) is 7.92. The number of hydrogen-bond donors (Lipinski definition) is 3. The van der Waals surface area contributed by atoms with Crippen LogP contribution in [-0.2, 0) is 11.3 Å². The Hall–Kier alpha value is -4.01. The summed E-state index contributed by atoms with van der Waals surface area (Å²) in [6.07, 6.45) is 7.36. The number of amidine groups is 1. The number of hydrogen-bond acceptors (Lipinski definition) is 6. The van der Waals surface area contributed by atoms with Crippen molar-refractivity contribution in [3.8, 4) is 0 Å². The maximum atomic E-state index is 13.5. The summed E-state index contributed by atoms with van der Waals surface area (Å²) in [5.74, 6) is 0.223. The molecule has 2 aromatic rings. The van der Waals surface area contributed by atoms with Gasteiger partial charge in [-0.15, -0.1) is 0 Å². The zero-order valence-electron chi connectivity index (χ0n) is 18.3. The van der Waals surface area contributed by atoms with E-state index in [-0.39, 0.29) is 35.7 Å². The topological polar surface area (TPSA) is 117 Å². The van der Waals surface area contributed by atoms with Crippen LogP contribution in [0.15, 0.2) is 66.5 Å². The number of allylic oxidation sites excluding steroid dienone is 3. The van der Waals surface area contributed by atoms with Gasteiger partial charge in [-0.05, 0) is 44.1 Å². The number of nitrogens with two attached hydrogens (primary N) is 1. The number of halogens is 1. The molecule has 170 valence electrons. The molecule has 4 N–H and O–H groups in total. The van der Waals surface area contributed by atoms with E-state index in [1.54, 1.807) is 24.4 Å². The third-order valence-corrected chi connectivity index (χ3v) is 5.67. The van der Waals surface area contributed by atoms with Gasteiger partial charge in [0.15, 0.2) is 0 Å². The zero-order chi connectivity index (χ0) is 23.5. The highest BCUT2D eigenvalue weighted by molar-refractivity contribution is 6.07. The number of aromatic nitrogens is 2. The Morgan fingerprint density at radius 1 is 1.45 bits per heavy atom. The predicted octanol–water partition coefficient (Wildman–Crippen LogP) is 3.94. The van der Waals surface area contributed by atoms with Crippen molar-refractivity contribution in [2.45, 2.75) is 32.4 Å². The molecule has 2 aromatic heterocycles. The first-order chi connectivity index (χ1) is 15.8. The standard InChI is InChI=1S/C24H25FN6O2/c1-14(25)7-8-20-15(2)19-6-4-10-31(19)22(27)18-11-17(12-29-21(18)26)24(32)30-23-16(13-33-20)5-3-9-28-23/h3,5,7-9,11-12,19,27H,2,4,6,10,13H2,1H3,(H2,26,29)(H,28,30,32)/b14-7+,20-8+,27-22?/t19-/m1/s1. The molecule has 1 atom stereocenters. The molecule has 4 heterocycles. The van der Waals surface area contributed by atoms with Crippen LogP contribution in [-0.4, -0.2) is 39.2 Å². The van der Waals surface area contributed by atoms with Gasteiger partial charge < -0.3 is 20.7 Å². The van der Waals surface area contributed by atoms with Crippen molar-refractivity contribution in [1.82, 2.24) is 14.9 Å². The Balaban J connectivity index is 1.84. The molecule has 2 aliphatic heterocycles. The molecule has 9 heteroatoms. The third kappa shape index (κ3) is 4.62. The molecule has 2 aliphatic rings. The number of fused-ring (bicyclic) bond motifs is 4. The Morgan fingerprint density at radius 2 is 2.27 bits per heavy atom. The summed E-state index contributed by atoms with van der Waals surface area (Å²) < 4.78 is 19.6. The average molecular weight is 449 g/mol. The Morgan fingerprint density at radius 3 is 3.06 bits per heavy atom. The van der Waals surface area contributed by atoms with Gasteiger partial charge in [0, 0.05) is 30.1 Å². The molecule has 0 unspecified atom stereocenters. The van der Waals surface area contributed by atoms with E-state index in [1.165, 1.54) is 25.3 Å². The van der Waals surface area contributed by atoms with Crippen molar-refractivity contribution in [2.75, 3.05) is 17.6 Å². The molecule has 0 saturated carbocycles. The van der Waals surface area contributed by atoms with Crippen LogP contribution >= 0.6 is 0 Å². The highest BCUT2D eigenvalue weighted by atomic mass is 19.1. The quantitative estimate of drug-likeness (QED) is 0.608. The lowest BCUT2D eigenvalue weighted by molar-refractivity contribution is 0.102. The molecule has 0 spiro atoms. The van der Waals surface area contributed by atoms with Crippen LogP contribution in [0.5, 0.6) is 0 Å². The number of carbonyl (C=O) groups is 1. The lowest BCUT2D eigenvalue weighted by Gasteiger charge is -2.30. The summed E-state index contributed by atoms with van der Waals surface area (Å²) in [6.45, 7) is 6.27. The lowest BCUT2D eigenvalue weighted by atomic mass is 10.0. The highest BCUT2D eigenvalue weighted by Gasteiger charge is 2.32. The van der Waals surface area contributed by atoms with E-state index in [0.29, 0.717) is 34.8 Å². The van der Waals surface area contributed by atoms with Crippen molar-refractivity contribution in [1.29, 1.82) is 5.41 Å². The van der Waals surface area contributed by atoms with Crippen LogP contribution in [0.4, 0.5) is 16.0 Å². The molecule has 1 saturated heterocycles. The van der Waals surface area contributed by atoms with Gasteiger partial charge in [-0.2, -0.15) is 0 Å².